The molecule has 0 aliphatic rings. The molecule has 1 amide bonds. The van der Waals surface area contributed by atoms with Gasteiger partial charge in [-0.2, -0.15) is 13.2 Å². The van der Waals surface area contributed by atoms with Crippen LogP contribution in [-0.2, 0) is 14.3 Å². The SMILES string of the molecule is C=C/C=C/C(C)C(NC(=O)C(F)(F)F)C(=O)OC(C)(C)C. The van der Waals surface area contributed by atoms with Crippen molar-refractivity contribution >= 4 is 11.9 Å². The molecule has 0 aromatic heterocycles. The summed E-state index contributed by atoms with van der Waals surface area (Å²) in [5.41, 5.74) is -0.875. The van der Waals surface area contributed by atoms with Crippen LogP contribution >= 0.6 is 0 Å². The fourth-order valence-electron chi connectivity index (χ4n) is 1.36. The first-order valence-corrected chi connectivity index (χ1v) is 6.28. The number of nitrogens with one attached hydrogen (secondary N) is 1. The second kappa shape index (κ2) is 7.28. The topological polar surface area (TPSA) is 55.4 Å². The van der Waals surface area contributed by atoms with Gasteiger partial charge in [0.15, 0.2) is 0 Å². The lowest BCUT2D eigenvalue weighted by Crippen LogP contribution is -2.51. The van der Waals surface area contributed by atoms with Gasteiger partial charge in [0.2, 0.25) is 0 Å². The summed E-state index contributed by atoms with van der Waals surface area (Å²) in [6.07, 6.45) is -0.726. The Morgan fingerprint density at radius 2 is 1.76 bits per heavy atom. The summed E-state index contributed by atoms with van der Waals surface area (Å²) < 4.78 is 42.0. The Bertz CT molecular complexity index is 422. The third-order valence-corrected chi connectivity index (χ3v) is 2.28. The molecule has 21 heavy (non-hydrogen) atoms. The molecule has 0 heterocycles. The largest absolute Gasteiger partial charge is 0.471 e. The smallest absolute Gasteiger partial charge is 0.458 e. The number of ether oxygens (including phenoxy) is 1. The molecule has 0 aromatic carbocycles. The number of carbonyl (C=O) groups is 2. The van der Waals surface area contributed by atoms with Crippen molar-refractivity contribution in [2.24, 2.45) is 5.92 Å². The first-order chi connectivity index (χ1) is 9.38. The molecule has 2 atom stereocenters. The lowest BCUT2D eigenvalue weighted by atomic mass is 10.0. The molecule has 0 saturated carbocycles. The Balaban J connectivity index is 5.19. The van der Waals surface area contributed by atoms with E-state index < -0.39 is 35.6 Å². The van der Waals surface area contributed by atoms with Crippen LogP contribution in [-0.4, -0.2) is 29.7 Å². The highest BCUT2D eigenvalue weighted by Crippen LogP contribution is 2.18. The van der Waals surface area contributed by atoms with Gasteiger partial charge in [-0.3, -0.25) is 4.79 Å². The van der Waals surface area contributed by atoms with E-state index in [1.165, 1.54) is 25.2 Å². The number of rotatable bonds is 5. The minimum Gasteiger partial charge on any atom is -0.458 e. The van der Waals surface area contributed by atoms with Gasteiger partial charge < -0.3 is 10.1 Å². The van der Waals surface area contributed by atoms with E-state index in [0.29, 0.717) is 0 Å². The highest BCUT2D eigenvalue weighted by Gasteiger charge is 2.42. The maximum absolute atomic E-state index is 12.3. The van der Waals surface area contributed by atoms with Gasteiger partial charge in [0.25, 0.3) is 0 Å². The summed E-state index contributed by atoms with van der Waals surface area (Å²) in [5, 5.41) is 1.66. The molecule has 0 aliphatic carbocycles. The summed E-state index contributed by atoms with van der Waals surface area (Å²) in [5.74, 6) is -3.80. The number of esters is 1. The van der Waals surface area contributed by atoms with Gasteiger partial charge in [-0.05, 0) is 20.8 Å². The Kier molecular flexibility index (Phi) is 6.66. The molecule has 2 unspecified atom stereocenters. The minimum atomic E-state index is -5.07. The summed E-state index contributed by atoms with van der Waals surface area (Å²) in [6, 6.07) is -1.44. The summed E-state index contributed by atoms with van der Waals surface area (Å²) in [7, 11) is 0. The Morgan fingerprint density at radius 1 is 1.24 bits per heavy atom. The van der Waals surface area contributed by atoms with E-state index in [1.807, 2.05) is 0 Å². The molecule has 1 N–H and O–H groups in total. The lowest BCUT2D eigenvalue weighted by Gasteiger charge is -2.27. The third-order valence-electron chi connectivity index (χ3n) is 2.28. The zero-order chi connectivity index (χ0) is 16.8. The average Bonchev–Trinajstić information content (AvgIpc) is 2.28. The van der Waals surface area contributed by atoms with E-state index in [4.69, 9.17) is 4.74 Å². The second-order valence-electron chi connectivity index (χ2n) is 5.46. The molecule has 7 heteroatoms. The predicted octanol–water partition coefficient (Wildman–Crippen LogP) is 2.75. The van der Waals surface area contributed by atoms with Crippen LogP contribution in [0.1, 0.15) is 27.7 Å². The van der Waals surface area contributed by atoms with Crippen LogP contribution in [0.5, 0.6) is 0 Å². The Hall–Kier alpha value is -1.79. The fraction of sp³-hybridized carbons (Fsp3) is 0.571. The first kappa shape index (κ1) is 19.2. The molecule has 0 saturated heterocycles. The molecular formula is C14H20F3NO3. The Labute approximate surface area is 122 Å². The summed E-state index contributed by atoms with van der Waals surface area (Å²) in [6.45, 7) is 9.66. The van der Waals surface area contributed by atoms with Crippen molar-refractivity contribution in [3.63, 3.8) is 0 Å². The molecule has 0 radical (unpaired) electrons. The highest BCUT2D eigenvalue weighted by molar-refractivity contribution is 5.88. The highest BCUT2D eigenvalue weighted by atomic mass is 19.4. The number of alkyl halides is 3. The molecule has 0 aromatic rings. The van der Waals surface area contributed by atoms with E-state index >= 15 is 0 Å². The van der Waals surface area contributed by atoms with E-state index in [1.54, 1.807) is 26.1 Å². The van der Waals surface area contributed by atoms with Crippen LogP contribution in [0.3, 0.4) is 0 Å². The van der Waals surface area contributed by atoms with Crippen molar-refractivity contribution < 1.29 is 27.5 Å². The van der Waals surface area contributed by atoms with Gasteiger partial charge in [-0.25, -0.2) is 4.79 Å². The number of allylic oxidation sites excluding steroid dienone is 2. The van der Waals surface area contributed by atoms with Crippen molar-refractivity contribution in [2.75, 3.05) is 0 Å². The van der Waals surface area contributed by atoms with Crippen LogP contribution in [0.4, 0.5) is 13.2 Å². The van der Waals surface area contributed by atoms with Crippen LogP contribution < -0.4 is 5.32 Å². The molecule has 0 fully saturated rings. The van der Waals surface area contributed by atoms with E-state index in [-0.39, 0.29) is 0 Å². The normalized spacial score (nSPS) is 15.4. The van der Waals surface area contributed by atoms with Gasteiger partial charge in [-0.15, -0.1) is 0 Å². The standard InChI is InChI=1S/C14H20F3NO3/c1-6-7-8-9(2)10(11(19)21-13(3,4)5)18-12(20)14(15,16)17/h6-10H,1H2,2-5H3,(H,18,20)/b8-7+. The zero-order valence-electron chi connectivity index (χ0n) is 12.5. The molecule has 0 rings (SSSR count). The third kappa shape index (κ3) is 7.53. The van der Waals surface area contributed by atoms with Crippen LogP contribution in [0.2, 0.25) is 0 Å². The van der Waals surface area contributed by atoms with Crippen LogP contribution in [0.25, 0.3) is 0 Å². The molecule has 4 nitrogen and oxygen atoms in total. The average molecular weight is 307 g/mol. The van der Waals surface area contributed by atoms with Gasteiger partial charge in [0.1, 0.15) is 11.6 Å². The maximum Gasteiger partial charge on any atom is 0.471 e. The Morgan fingerprint density at radius 3 is 2.14 bits per heavy atom. The van der Waals surface area contributed by atoms with E-state index in [9.17, 15) is 22.8 Å². The minimum absolute atomic E-state index is 0.691. The predicted molar refractivity (Wildman–Crippen MR) is 72.3 cm³/mol. The molecule has 0 spiro atoms. The molecule has 0 bridgehead atoms. The summed E-state index contributed by atoms with van der Waals surface area (Å²) in [4.78, 5) is 23.0. The van der Waals surface area contributed by atoms with Gasteiger partial charge in [0.05, 0.1) is 0 Å². The van der Waals surface area contributed by atoms with Crippen molar-refractivity contribution in [1.29, 1.82) is 0 Å². The number of hydrogen-bond donors (Lipinski definition) is 1. The fourth-order valence-corrected chi connectivity index (χ4v) is 1.36. The number of halogens is 3. The summed E-state index contributed by atoms with van der Waals surface area (Å²) >= 11 is 0. The molecular weight excluding hydrogens is 287 g/mol. The molecule has 120 valence electrons. The lowest BCUT2D eigenvalue weighted by molar-refractivity contribution is -0.177. The number of hydrogen-bond acceptors (Lipinski definition) is 3. The zero-order valence-corrected chi connectivity index (χ0v) is 12.5. The van der Waals surface area contributed by atoms with Crippen molar-refractivity contribution in [2.45, 2.75) is 45.5 Å². The van der Waals surface area contributed by atoms with E-state index in [2.05, 4.69) is 6.58 Å². The van der Waals surface area contributed by atoms with Crippen LogP contribution in [0, 0.1) is 5.92 Å². The van der Waals surface area contributed by atoms with Crippen molar-refractivity contribution in [3.8, 4) is 0 Å². The number of amides is 1. The van der Waals surface area contributed by atoms with E-state index in [0.717, 1.165) is 0 Å². The van der Waals surface area contributed by atoms with Gasteiger partial charge >= 0.3 is 18.1 Å². The maximum atomic E-state index is 12.3. The van der Waals surface area contributed by atoms with Gasteiger partial charge in [0, 0.05) is 5.92 Å². The van der Waals surface area contributed by atoms with Crippen LogP contribution in [0.15, 0.2) is 24.8 Å². The van der Waals surface area contributed by atoms with Crippen molar-refractivity contribution in [1.82, 2.24) is 5.32 Å². The van der Waals surface area contributed by atoms with Crippen molar-refractivity contribution in [3.05, 3.63) is 24.8 Å². The number of carbonyl (C=O) groups excluding carboxylic acids is 2. The molecule has 0 aliphatic heterocycles. The first-order valence-electron chi connectivity index (χ1n) is 6.28. The quantitative estimate of drug-likeness (QED) is 0.627. The second-order valence-corrected chi connectivity index (χ2v) is 5.46. The monoisotopic (exact) mass is 307 g/mol. The van der Waals surface area contributed by atoms with Gasteiger partial charge in [-0.1, -0.05) is 31.7 Å².